The van der Waals surface area contributed by atoms with Gasteiger partial charge in [0.05, 0.1) is 28.4 Å². The number of aromatic nitrogens is 2. The number of carbonyl (C=O) groups excluding carboxylic acids is 1. The molecule has 1 atom stereocenters. The third-order valence-electron chi connectivity index (χ3n) is 6.82. The Morgan fingerprint density at radius 1 is 1.25 bits per heavy atom. The van der Waals surface area contributed by atoms with E-state index in [0.29, 0.717) is 42.3 Å². The molecular weight excluding hydrogens is 453 g/mol. The molecule has 0 spiro atoms. The summed E-state index contributed by atoms with van der Waals surface area (Å²) in [6.07, 6.45) is 6.61. The zero-order valence-electron chi connectivity index (χ0n) is 18.1. The van der Waals surface area contributed by atoms with E-state index in [4.69, 9.17) is 0 Å². The largest absolute Gasteiger partial charge is 0.351 e. The zero-order chi connectivity index (χ0) is 22.7. The Balaban J connectivity index is 1.38. The van der Waals surface area contributed by atoms with Crippen LogP contribution in [0.15, 0.2) is 12.3 Å². The molecule has 5 heterocycles. The van der Waals surface area contributed by atoms with Crippen molar-refractivity contribution in [1.82, 2.24) is 19.2 Å². The molecule has 2 fully saturated rings. The first-order valence-corrected chi connectivity index (χ1v) is 13.5. The molecule has 0 saturated carbocycles. The molecule has 2 saturated heterocycles. The number of halogens is 1. The maximum absolute atomic E-state index is 14.7. The highest BCUT2D eigenvalue weighted by Gasteiger charge is 2.49. The van der Waals surface area contributed by atoms with Crippen molar-refractivity contribution in [2.24, 2.45) is 0 Å². The molecule has 0 bridgehead atoms. The number of rotatable bonds is 4. The smallest absolute Gasteiger partial charge is 0.255 e. The molecule has 11 heteroatoms. The van der Waals surface area contributed by atoms with Crippen LogP contribution in [0.25, 0.3) is 10.6 Å². The summed E-state index contributed by atoms with van der Waals surface area (Å²) in [5.74, 6) is -0.194. The summed E-state index contributed by atoms with van der Waals surface area (Å²) in [4.78, 5) is 25.0. The van der Waals surface area contributed by atoms with Gasteiger partial charge >= 0.3 is 0 Å². The van der Waals surface area contributed by atoms with Gasteiger partial charge in [0, 0.05) is 30.6 Å². The second-order valence-corrected chi connectivity index (χ2v) is 12.0. The van der Waals surface area contributed by atoms with Crippen molar-refractivity contribution in [2.75, 3.05) is 31.2 Å². The number of nitrogens with zero attached hydrogens (tertiary/aromatic N) is 4. The van der Waals surface area contributed by atoms with E-state index in [1.807, 2.05) is 4.90 Å². The van der Waals surface area contributed by atoms with Gasteiger partial charge in [0.15, 0.2) is 5.82 Å². The average molecular weight is 480 g/mol. The monoisotopic (exact) mass is 479 g/mol. The lowest BCUT2D eigenvalue weighted by Gasteiger charge is -2.39. The molecule has 2 aromatic rings. The van der Waals surface area contributed by atoms with Crippen LogP contribution >= 0.6 is 11.3 Å². The van der Waals surface area contributed by atoms with E-state index in [-0.39, 0.29) is 23.2 Å². The summed E-state index contributed by atoms with van der Waals surface area (Å²) in [6, 6.07) is 1.78. The number of nitrogens with one attached hydrogen (secondary N) is 1. The van der Waals surface area contributed by atoms with Gasteiger partial charge in [-0.3, -0.25) is 4.79 Å². The first kappa shape index (κ1) is 21.7. The first-order chi connectivity index (χ1) is 15.2. The fourth-order valence-electron chi connectivity index (χ4n) is 5.02. The number of piperidine rings is 2. The van der Waals surface area contributed by atoms with Gasteiger partial charge in [-0.15, -0.1) is 11.3 Å². The van der Waals surface area contributed by atoms with Crippen LogP contribution in [-0.2, 0) is 15.6 Å². The number of carbonyl (C=O) groups is 1. The molecule has 5 rings (SSSR count). The van der Waals surface area contributed by atoms with Crippen LogP contribution < -0.4 is 5.32 Å². The van der Waals surface area contributed by atoms with Crippen LogP contribution in [0.3, 0.4) is 0 Å². The predicted molar refractivity (Wildman–Crippen MR) is 121 cm³/mol. The lowest BCUT2D eigenvalue weighted by molar-refractivity contribution is 0.0470. The van der Waals surface area contributed by atoms with Crippen molar-refractivity contribution in [3.63, 3.8) is 0 Å². The summed E-state index contributed by atoms with van der Waals surface area (Å²) in [5.41, 5.74) is 0.537. The predicted octanol–water partition coefficient (Wildman–Crippen LogP) is 3.04. The highest BCUT2D eigenvalue weighted by Crippen LogP contribution is 2.50. The highest BCUT2D eigenvalue weighted by atomic mass is 32.2. The van der Waals surface area contributed by atoms with Gasteiger partial charge in [-0.25, -0.2) is 27.1 Å². The Hall–Kier alpha value is -2.11. The van der Waals surface area contributed by atoms with E-state index >= 15 is 0 Å². The summed E-state index contributed by atoms with van der Waals surface area (Å²) in [6.45, 7) is 3.72. The van der Waals surface area contributed by atoms with Gasteiger partial charge in [0.2, 0.25) is 16.0 Å². The van der Waals surface area contributed by atoms with Gasteiger partial charge in [0.1, 0.15) is 5.69 Å². The molecule has 0 radical (unpaired) electrons. The Kier molecular flexibility index (Phi) is 5.25. The molecule has 32 heavy (non-hydrogen) atoms. The van der Waals surface area contributed by atoms with E-state index in [2.05, 4.69) is 22.2 Å². The number of thiophene rings is 1. The van der Waals surface area contributed by atoms with E-state index < -0.39 is 15.8 Å². The Morgan fingerprint density at radius 3 is 2.72 bits per heavy atom. The highest BCUT2D eigenvalue weighted by molar-refractivity contribution is 7.88. The topological polar surface area (TPSA) is 95.5 Å². The molecule has 3 aliphatic heterocycles. The van der Waals surface area contributed by atoms with Gasteiger partial charge in [-0.2, -0.15) is 0 Å². The maximum atomic E-state index is 14.7. The van der Waals surface area contributed by atoms with Crippen LogP contribution in [0, 0.1) is 5.82 Å². The average Bonchev–Trinajstić information content (AvgIpc) is 3.28. The van der Waals surface area contributed by atoms with Crippen molar-refractivity contribution in [1.29, 1.82) is 0 Å². The molecule has 8 nitrogen and oxygen atoms in total. The normalized spacial score (nSPS) is 24.5. The van der Waals surface area contributed by atoms with Crippen molar-refractivity contribution in [3.05, 3.63) is 28.5 Å². The second-order valence-electron chi connectivity index (χ2n) is 9.01. The molecule has 0 aliphatic carbocycles. The Morgan fingerprint density at radius 2 is 2.00 bits per heavy atom. The minimum absolute atomic E-state index is 0.0101. The summed E-state index contributed by atoms with van der Waals surface area (Å²) < 4.78 is 39.5. The molecule has 1 N–H and O–H groups in total. The molecule has 3 aliphatic rings. The van der Waals surface area contributed by atoms with Gasteiger partial charge in [-0.1, -0.05) is 0 Å². The number of fused-ring (bicyclic) bond motifs is 3. The van der Waals surface area contributed by atoms with E-state index in [1.165, 1.54) is 21.9 Å². The first-order valence-electron chi connectivity index (χ1n) is 10.9. The lowest BCUT2D eigenvalue weighted by Crippen LogP contribution is -2.44. The maximum Gasteiger partial charge on any atom is 0.255 e. The van der Waals surface area contributed by atoms with Gasteiger partial charge in [0.25, 0.3) is 5.91 Å². The third-order valence-corrected chi connectivity index (χ3v) is 9.52. The fraction of sp³-hybridized carbons (Fsp3) is 0.571. The Labute approximate surface area is 190 Å². The zero-order valence-corrected chi connectivity index (χ0v) is 19.7. The molecular formula is C21H26FN5O3S2. The standard InChI is InChI=1S/C21H26FN5O3S2/c1-21-7-3-4-8-27(21)19(28)14-11-16(31-18(14)21)17-15(22)12-23-20(25-17)24-13-5-9-26(10-6-13)32(2,29)30/h11-13H,3-10H2,1-2H3,(H,23,24,25)/t21-/m1/s1. The van der Waals surface area contributed by atoms with Crippen LogP contribution in [-0.4, -0.2) is 65.4 Å². The minimum Gasteiger partial charge on any atom is -0.351 e. The molecule has 2 aromatic heterocycles. The minimum atomic E-state index is -3.19. The van der Waals surface area contributed by atoms with Crippen molar-refractivity contribution >= 4 is 33.2 Å². The van der Waals surface area contributed by atoms with Crippen LogP contribution in [0.1, 0.15) is 54.3 Å². The molecule has 0 aromatic carbocycles. The van der Waals surface area contributed by atoms with Gasteiger partial charge < -0.3 is 10.2 Å². The van der Waals surface area contributed by atoms with E-state index in [0.717, 1.165) is 36.9 Å². The number of sulfonamides is 1. The fourth-order valence-corrected chi connectivity index (χ4v) is 7.22. The number of hydrogen-bond acceptors (Lipinski definition) is 7. The molecule has 0 unspecified atom stereocenters. The number of amides is 1. The summed E-state index contributed by atoms with van der Waals surface area (Å²) in [7, 11) is -3.19. The van der Waals surface area contributed by atoms with Crippen molar-refractivity contribution < 1.29 is 17.6 Å². The summed E-state index contributed by atoms with van der Waals surface area (Å²) >= 11 is 1.44. The van der Waals surface area contributed by atoms with E-state index in [1.54, 1.807) is 6.07 Å². The molecule has 1 amide bonds. The SMILES string of the molecule is C[C@]12CCCCN1C(=O)c1cc(-c3nc(NC4CCN(S(C)(=O)=O)CC4)ncc3F)sc12. The third kappa shape index (κ3) is 3.60. The number of anilines is 1. The Bertz CT molecular complexity index is 1180. The van der Waals surface area contributed by atoms with Gasteiger partial charge in [-0.05, 0) is 45.1 Å². The summed E-state index contributed by atoms with van der Waals surface area (Å²) in [5, 5.41) is 3.22. The molecule has 172 valence electrons. The van der Waals surface area contributed by atoms with Crippen molar-refractivity contribution in [2.45, 2.75) is 50.6 Å². The van der Waals surface area contributed by atoms with E-state index in [9.17, 15) is 17.6 Å². The quantitative estimate of drug-likeness (QED) is 0.724. The number of hydrogen-bond donors (Lipinski definition) is 1. The van der Waals surface area contributed by atoms with Crippen LogP contribution in [0.5, 0.6) is 0 Å². The van der Waals surface area contributed by atoms with Crippen LogP contribution in [0.4, 0.5) is 10.3 Å². The second kappa shape index (κ2) is 7.74. The van der Waals surface area contributed by atoms with Crippen LogP contribution in [0.2, 0.25) is 0 Å². The lowest BCUT2D eigenvalue weighted by atomic mass is 9.89. The van der Waals surface area contributed by atoms with Crippen molar-refractivity contribution in [3.8, 4) is 10.6 Å².